The second kappa shape index (κ2) is 7.24. The molecular formula is C29H33NO. The molecule has 2 nitrogen and oxygen atoms in total. The van der Waals surface area contributed by atoms with Crippen LogP contribution in [0.5, 0.6) is 0 Å². The third-order valence-electron chi connectivity index (χ3n) is 7.77. The molecule has 0 amide bonds. The minimum absolute atomic E-state index is 0.143. The first-order chi connectivity index (χ1) is 15.0. The first kappa shape index (κ1) is 20.3. The van der Waals surface area contributed by atoms with Crippen molar-refractivity contribution in [2.24, 2.45) is 0 Å². The zero-order chi connectivity index (χ0) is 21.8. The summed E-state index contributed by atoms with van der Waals surface area (Å²) in [5, 5.41) is 16.8. The second-order valence-corrected chi connectivity index (χ2v) is 9.45. The highest BCUT2D eigenvalue weighted by Crippen LogP contribution is 2.64. The number of anilines is 1. The maximum absolute atomic E-state index is 12.8. The lowest BCUT2D eigenvalue weighted by Crippen LogP contribution is -2.57. The molecule has 160 valence electrons. The average Bonchev–Trinajstić information content (AvgIpc) is 3.09. The molecule has 3 aromatic rings. The fraction of sp³-hybridized carbons (Fsp3) is 0.379. The summed E-state index contributed by atoms with van der Waals surface area (Å²) >= 11 is 0. The Morgan fingerprint density at radius 1 is 0.935 bits per heavy atom. The quantitative estimate of drug-likeness (QED) is 0.482. The summed E-state index contributed by atoms with van der Waals surface area (Å²) in [5.41, 5.74) is 8.29. The fourth-order valence-electron chi connectivity index (χ4n) is 6.31. The minimum Gasteiger partial charge on any atom is -0.382 e. The Morgan fingerprint density at radius 2 is 1.58 bits per heavy atom. The predicted octanol–water partition coefficient (Wildman–Crippen LogP) is 7.04. The van der Waals surface area contributed by atoms with Gasteiger partial charge in [-0.3, -0.25) is 0 Å². The van der Waals surface area contributed by atoms with Gasteiger partial charge in [-0.25, -0.2) is 0 Å². The van der Waals surface area contributed by atoms with Crippen LogP contribution in [0.25, 0.3) is 11.1 Å². The van der Waals surface area contributed by atoms with Crippen LogP contribution in [0.3, 0.4) is 0 Å². The van der Waals surface area contributed by atoms with Gasteiger partial charge in [0.2, 0.25) is 0 Å². The molecule has 1 spiro atoms. The summed E-state index contributed by atoms with van der Waals surface area (Å²) in [6.45, 7) is 8.92. The minimum atomic E-state index is -0.995. The lowest BCUT2D eigenvalue weighted by Gasteiger charge is -2.53. The average molecular weight is 412 g/mol. The van der Waals surface area contributed by atoms with E-state index in [1.165, 1.54) is 39.1 Å². The van der Waals surface area contributed by atoms with E-state index in [1.54, 1.807) is 0 Å². The van der Waals surface area contributed by atoms with Gasteiger partial charge in [-0.05, 0) is 53.1 Å². The van der Waals surface area contributed by atoms with Gasteiger partial charge in [-0.1, -0.05) is 99.8 Å². The van der Waals surface area contributed by atoms with Crippen molar-refractivity contribution in [1.29, 1.82) is 0 Å². The monoisotopic (exact) mass is 411 g/mol. The molecule has 2 N–H and O–H groups in total. The number of benzene rings is 3. The van der Waals surface area contributed by atoms with E-state index in [1.807, 2.05) is 0 Å². The van der Waals surface area contributed by atoms with Crippen LogP contribution in [0.1, 0.15) is 73.8 Å². The van der Waals surface area contributed by atoms with Gasteiger partial charge in [-0.2, -0.15) is 0 Å². The van der Waals surface area contributed by atoms with Crippen molar-refractivity contribution >= 4 is 5.69 Å². The predicted molar refractivity (Wildman–Crippen MR) is 130 cm³/mol. The molecule has 5 rings (SSSR count). The molecular weight excluding hydrogens is 378 g/mol. The van der Waals surface area contributed by atoms with Crippen molar-refractivity contribution < 1.29 is 5.11 Å². The lowest BCUT2D eigenvalue weighted by molar-refractivity contribution is -0.0523. The summed E-state index contributed by atoms with van der Waals surface area (Å²) in [6, 6.07) is 21.8. The van der Waals surface area contributed by atoms with Crippen molar-refractivity contribution in [1.82, 2.24) is 0 Å². The summed E-state index contributed by atoms with van der Waals surface area (Å²) < 4.78 is 0. The number of hydrogen-bond acceptors (Lipinski definition) is 2. The van der Waals surface area contributed by atoms with Crippen LogP contribution < -0.4 is 5.32 Å². The molecule has 0 saturated heterocycles. The standard InChI is InChI=1S/C29H33NO/c1-5-7-16-28(31)25-14-10-8-12-22(25)23-13-9-11-15-26(23)29(28)20(4)24-18-19(3)17-21(6-2)27(24)30-29/h8-15,17-18,20,30-31H,5-7,16H2,1-4H3/t20-,28-,29-/m0/s1. The van der Waals surface area contributed by atoms with Crippen LogP contribution in [0.4, 0.5) is 5.69 Å². The molecule has 0 fully saturated rings. The van der Waals surface area contributed by atoms with Crippen LogP contribution in [-0.4, -0.2) is 5.11 Å². The SMILES string of the molecule is CCCC[C@]1(O)c2ccccc2-c2ccccc2[C@]12Nc1c(CC)cc(C)cc1[C@@H]2C. The third-order valence-corrected chi connectivity index (χ3v) is 7.77. The van der Waals surface area contributed by atoms with Gasteiger partial charge in [0.25, 0.3) is 0 Å². The van der Waals surface area contributed by atoms with Crippen LogP contribution >= 0.6 is 0 Å². The maximum Gasteiger partial charge on any atom is 0.118 e. The zero-order valence-corrected chi connectivity index (χ0v) is 19.1. The van der Waals surface area contributed by atoms with E-state index in [2.05, 4.69) is 93.7 Å². The number of rotatable bonds is 4. The van der Waals surface area contributed by atoms with Crippen molar-refractivity contribution in [3.05, 3.63) is 88.5 Å². The first-order valence-electron chi connectivity index (χ1n) is 11.8. The Balaban J connectivity index is 1.85. The van der Waals surface area contributed by atoms with Gasteiger partial charge in [0, 0.05) is 11.6 Å². The number of fused-ring (bicyclic) bond motifs is 5. The van der Waals surface area contributed by atoms with Crippen LogP contribution in [0.2, 0.25) is 0 Å². The Bertz CT molecular complexity index is 1150. The second-order valence-electron chi connectivity index (χ2n) is 9.45. The van der Waals surface area contributed by atoms with E-state index in [9.17, 15) is 5.11 Å². The summed E-state index contributed by atoms with van der Waals surface area (Å²) in [7, 11) is 0. The summed E-state index contributed by atoms with van der Waals surface area (Å²) in [4.78, 5) is 0. The number of unbranched alkanes of at least 4 members (excludes halogenated alkanes) is 1. The highest BCUT2D eigenvalue weighted by atomic mass is 16.3. The molecule has 1 aliphatic heterocycles. The third kappa shape index (κ3) is 2.61. The molecule has 0 bridgehead atoms. The smallest absolute Gasteiger partial charge is 0.118 e. The van der Waals surface area contributed by atoms with Crippen molar-refractivity contribution in [3.8, 4) is 11.1 Å². The molecule has 3 atom stereocenters. The summed E-state index contributed by atoms with van der Waals surface area (Å²) in [6.07, 6.45) is 3.76. The molecule has 1 aliphatic carbocycles. The molecule has 0 radical (unpaired) electrons. The first-order valence-corrected chi connectivity index (χ1v) is 11.8. The molecule has 1 heterocycles. The van der Waals surface area contributed by atoms with Crippen LogP contribution in [0, 0.1) is 6.92 Å². The van der Waals surface area contributed by atoms with Crippen molar-refractivity contribution in [3.63, 3.8) is 0 Å². The van der Waals surface area contributed by atoms with Crippen molar-refractivity contribution in [2.45, 2.75) is 70.4 Å². The van der Waals surface area contributed by atoms with Gasteiger partial charge in [-0.15, -0.1) is 0 Å². The maximum atomic E-state index is 12.8. The molecule has 0 aromatic heterocycles. The van der Waals surface area contributed by atoms with E-state index < -0.39 is 11.1 Å². The van der Waals surface area contributed by atoms with Crippen molar-refractivity contribution in [2.75, 3.05) is 5.32 Å². The number of aryl methyl sites for hydroxylation is 2. The van der Waals surface area contributed by atoms with Gasteiger partial charge >= 0.3 is 0 Å². The van der Waals surface area contributed by atoms with E-state index in [0.717, 1.165) is 31.2 Å². The number of hydrogen-bond donors (Lipinski definition) is 2. The highest BCUT2D eigenvalue weighted by Gasteiger charge is 2.62. The fourth-order valence-corrected chi connectivity index (χ4v) is 6.31. The highest BCUT2D eigenvalue weighted by molar-refractivity contribution is 5.82. The molecule has 0 unspecified atom stereocenters. The topological polar surface area (TPSA) is 32.3 Å². The Morgan fingerprint density at radius 3 is 2.26 bits per heavy atom. The molecule has 2 heteroatoms. The largest absolute Gasteiger partial charge is 0.382 e. The van der Waals surface area contributed by atoms with E-state index in [-0.39, 0.29) is 5.92 Å². The molecule has 31 heavy (non-hydrogen) atoms. The van der Waals surface area contributed by atoms with Gasteiger partial charge in [0.05, 0.1) is 0 Å². The number of aliphatic hydroxyl groups is 1. The molecule has 2 aliphatic rings. The molecule has 0 saturated carbocycles. The van der Waals surface area contributed by atoms with E-state index in [4.69, 9.17) is 0 Å². The Kier molecular flexibility index (Phi) is 4.75. The Labute approximate surface area is 186 Å². The van der Waals surface area contributed by atoms with Crippen LogP contribution in [0.15, 0.2) is 60.7 Å². The number of nitrogens with one attached hydrogen (secondary N) is 1. The summed E-state index contributed by atoms with van der Waals surface area (Å²) in [5.74, 6) is 0.143. The van der Waals surface area contributed by atoms with Gasteiger partial charge in [0.1, 0.15) is 11.1 Å². The normalized spacial score (nSPS) is 25.6. The lowest BCUT2D eigenvalue weighted by atomic mass is 9.57. The zero-order valence-electron chi connectivity index (χ0n) is 19.1. The molecule has 3 aromatic carbocycles. The van der Waals surface area contributed by atoms with Gasteiger partial charge < -0.3 is 10.4 Å². The van der Waals surface area contributed by atoms with Crippen LogP contribution in [-0.2, 0) is 17.6 Å². The van der Waals surface area contributed by atoms with E-state index in [0.29, 0.717) is 0 Å². The van der Waals surface area contributed by atoms with Gasteiger partial charge in [0.15, 0.2) is 0 Å². The Hall–Kier alpha value is -2.58. The van der Waals surface area contributed by atoms with E-state index >= 15 is 0 Å².